The van der Waals surface area contributed by atoms with Crippen molar-refractivity contribution in [3.05, 3.63) is 40.4 Å². The van der Waals surface area contributed by atoms with Crippen molar-refractivity contribution in [1.29, 1.82) is 0 Å². The van der Waals surface area contributed by atoms with E-state index in [0.29, 0.717) is 28.9 Å². The van der Waals surface area contributed by atoms with Crippen LogP contribution in [0.5, 0.6) is 0 Å². The van der Waals surface area contributed by atoms with Crippen LogP contribution in [0.2, 0.25) is 0 Å². The highest BCUT2D eigenvalue weighted by molar-refractivity contribution is 5.83. The summed E-state index contributed by atoms with van der Waals surface area (Å²) >= 11 is 0. The molecule has 2 nitrogen and oxygen atoms in total. The molecule has 6 heteroatoms. The van der Waals surface area contributed by atoms with Crippen LogP contribution in [0.15, 0.2) is 24.3 Å². The van der Waals surface area contributed by atoms with Gasteiger partial charge < -0.3 is 4.57 Å². The molecule has 1 heterocycles. The largest absolute Gasteiger partial charge is 0.406 e. The van der Waals surface area contributed by atoms with Crippen molar-refractivity contribution < 1.29 is 17.6 Å². The standard InChI is InChI=1S/C16H17F4N2/c1-11(2)8-21-9-12-3-4-15-13(5-12)6-14(7-17)22(15)10-16(18,19)20/h3-6,11H,7-8,10H2,1-2H3/q+1. The minimum atomic E-state index is -4.39. The molecular weight excluding hydrogens is 296 g/mol. The minimum Gasteiger partial charge on any atom is -0.333 e. The minimum absolute atomic E-state index is 0.0172. The number of hydrogen-bond acceptors (Lipinski definition) is 0. The first-order chi connectivity index (χ1) is 10.3. The van der Waals surface area contributed by atoms with E-state index in [1.54, 1.807) is 18.2 Å². The zero-order valence-electron chi connectivity index (χ0n) is 12.4. The molecule has 0 fully saturated rings. The lowest BCUT2D eigenvalue weighted by Crippen LogP contribution is -2.18. The van der Waals surface area contributed by atoms with Crippen LogP contribution in [0, 0.1) is 12.0 Å². The zero-order chi connectivity index (χ0) is 16.3. The molecule has 0 amide bonds. The van der Waals surface area contributed by atoms with Gasteiger partial charge in [0.2, 0.25) is 0 Å². The van der Waals surface area contributed by atoms with Crippen molar-refractivity contribution in [3.8, 4) is 6.07 Å². The summed E-state index contributed by atoms with van der Waals surface area (Å²) in [6.45, 7) is 2.55. The Morgan fingerprint density at radius 3 is 2.55 bits per heavy atom. The van der Waals surface area contributed by atoms with E-state index in [1.165, 1.54) is 6.07 Å². The smallest absolute Gasteiger partial charge is 0.333 e. The van der Waals surface area contributed by atoms with E-state index < -0.39 is 19.4 Å². The van der Waals surface area contributed by atoms with Crippen LogP contribution in [0.3, 0.4) is 0 Å². The van der Waals surface area contributed by atoms with Gasteiger partial charge in [0.25, 0.3) is 6.54 Å². The van der Waals surface area contributed by atoms with Crippen LogP contribution >= 0.6 is 0 Å². The molecule has 0 radical (unpaired) electrons. The Morgan fingerprint density at radius 2 is 1.95 bits per heavy atom. The van der Waals surface area contributed by atoms with E-state index in [2.05, 4.69) is 10.9 Å². The van der Waals surface area contributed by atoms with Gasteiger partial charge in [0.05, 0.1) is 5.69 Å². The van der Waals surface area contributed by atoms with Crippen molar-refractivity contribution in [2.24, 2.45) is 5.92 Å². The molecule has 0 saturated heterocycles. The molecule has 0 aliphatic rings. The van der Waals surface area contributed by atoms with E-state index in [-0.39, 0.29) is 5.69 Å². The van der Waals surface area contributed by atoms with E-state index >= 15 is 0 Å². The molecule has 0 atom stereocenters. The predicted octanol–water partition coefficient (Wildman–Crippen LogP) is 5.01. The van der Waals surface area contributed by atoms with Crippen molar-refractivity contribution in [3.63, 3.8) is 0 Å². The number of alkyl halides is 4. The number of nitrogens with zero attached hydrogens (tertiary/aromatic N) is 2. The van der Waals surface area contributed by atoms with Gasteiger partial charge in [-0.3, -0.25) is 0 Å². The first-order valence-corrected chi connectivity index (χ1v) is 6.97. The van der Waals surface area contributed by atoms with Crippen molar-refractivity contribution in [2.75, 3.05) is 6.54 Å². The van der Waals surface area contributed by atoms with Crippen LogP contribution in [-0.2, 0) is 13.2 Å². The third kappa shape index (κ3) is 4.00. The van der Waals surface area contributed by atoms with Crippen LogP contribution in [0.1, 0.15) is 25.1 Å². The van der Waals surface area contributed by atoms with Crippen LogP contribution in [-0.4, -0.2) is 17.3 Å². The Labute approximate surface area is 126 Å². The fourth-order valence-corrected chi connectivity index (χ4v) is 2.19. The van der Waals surface area contributed by atoms with E-state index in [0.717, 1.165) is 4.57 Å². The number of rotatable bonds is 3. The van der Waals surface area contributed by atoms with E-state index in [1.807, 2.05) is 13.8 Å². The van der Waals surface area contributed by atoms with Crippen molar-refractivity contribution in [1.82, 2.24) is 4.57 Å². The van der Waals surface area contributed by atoms with Crippen LogP contribution in [0.25, 0.3) is 15.7 Å². The Kier molecular flexibility index (Phi) is 4.74. The number of halogens is 4. The quantitative estimate of drug-likeness (QED) is 0.705. The van der Waals surface area contributed by atoms with E-state index in [4.69, 9.17) is 0 Å². The molecule has 0 aliphatic heterocycles. The summed E-state index contributed by atoms with van der Waals surface area (Å²) in [7, 11) is 0. The van der Waals surface area contributed by atoms with E-state index in [9.17, 15) is 17.6 Å². The lowest BCUT2D eigenvalue weighted by molar-refractivity contribution is -0.140. The van der Waals surface area contributed by atoms with Gasteiger partial charge in [0.15, 0.2) is 0 Å². The van der Waals surface area contributed by atoms with Crippen LogP contribution in [0.4, 0.5) is 17.6 Å². The maximum absolute atomic E-state index is 13.0. The van der Waals surface area contributed by atoms with Crippen molar-refractivity contribution in [2.45, 2.75) is 33.2 Å². The molecule has 0 spiro atoms. The molecular formula is C16H17F4N2+. The Hall–Kier alpha value is -2.03. The monoisotopic (exact) mass is 313 g/mol. The molecule has 0 bridgehead atoms. The fraction of sp³-hybridized carbons (Fsp3) is 0.438. The highest BCUT2D eigenvalue weighted by atomic mass is 19.4. The van der Waals surface area contributed by atoms with Gasteiger partial charge in [-0.2, -0.15) is 13.2 Å². The molecule has 2 aromatic rings. The number of benzene rings is 1. The SMILES string of the molecule is CC(C)C[N+]#Cc1ccc2c(c1)cc(CF)n2CC(F)(F)F. The third-order valence-electron chi connectivity index (χ3n) is 3.13. The van der Waals surface area contributed by atoms with Gasteiger partial charge in [0, 0.05) is 16.8 Å². The maximum Gasteiger partial charge on any atom is 0.406 e. The molecule has 0 saturated carbocycles. The second kappa shape index (κ2) is 6.39. The Morgan fingerprint density at radius 1 is 1.23 bits per heavy atom. The van der Waals surface area contributed by atoms with Gasteiger partial charge in [0.1, 0.15) is 18.8 Å². The normalized spacial score (nSPS) is 11.8. The number of aromatic nitrogens is 1. The zero-order valence-corrected chi connectivity index (χ0v) is 12.4. The number of hydrogen-bond donors (Lipinski definition) is 0. The number of fused-ring (bicyclic) bond motifs is 1. The molecule has 0 aliphatic carbocycles. The third-order valence-corrected chi connectivity index (χ3v) is 3.13. The highest BCUT2D eigenvalue weighted by Crippen LogP contribution is 2.26. The second-order valence-electron chi connectivity index (χ2n) is 5.59. The van der Waals surface area contributed by atoms with Gasteiger partial charge in [-0.05, 0) is 24.3 Å². The van der Waals surface area contributed by atoms with Crippen LogP contribution < -0.4 is 0 Å². The first-order valence-electron chi connectivity index (χ1n) is 6.97. The molecule has 1 aromatic carbocycles. The second-order valence-corrected chi connectivity index (χ2v) is 5.59. The lowest BCUT2D eigenvalue weighted by atomic mass is 10.2. The van der Waals surface area contributed by atoms with Gasteiger partial charge in [-0.1, -0.05) is 18.7 Å². The highest BCUT2D eigenvalue weighted by Gasteiger charge is 2.29. The molecule has 2 rings (SSSR count). The molecule has 118 valence electrons. The van der Waals surface area contributed by atoms with Gasteiger partial charge >= 0.3 is 12.2 Å². The average molecular weight is 313 g/mol. The molecule has 0 unspecified atom stereocenters. The lowest BCUT2D eigenvalue weighted by Gasteiger charge is -2.11. The fourth-order valence-electron chi connectivity index (χ4n) is 2.19. The van der Waals surface area contributed by atoms with Gasteiger partial charge in [-0.15, -0.1) is 0 Å². The summed E-state index contributed by atoms with van der Waals surface area (Å²) in [6.07, 6.45) is -4.39. The predicted molar refractivity (Wildman–Crippen MR) is 78.9 cm³/mol. The first kappa shape index (κ1) is 16.3. The van der Waals surface area contributed by atoms with Gasteiger partial charge in [-0.25, -0.2) is 4.39 Å². The summed E-state index contributed by atoms with van der Waals surface area (Å²) in [5, 5.41) is 0.557. The Bertz CT molecular complexity index is 717. The summed E-state index contributed by atoms with van der Waals surface area (Å²) in [5.41, 5.74) is 1.05. The summed E-state index contributed by atoms with van der Waals surface area (Å²) < 4.78 is 51.8. The summed E-state index contributed by atoms with van der Waals surface area (Å²) in [6, 6.07) is 9.16. The molecule has 22 heavy (non-hydrogen) atoms. The van der Waals surface area contributed by atoms with Crippen molar-refractivity contribution >= 4 is 10.9 Å². The summed E-state index contributed by atoms with van der Waals surface area (Å²) in [5.74, 6) is 0.405. The molecule has 0 N–H and O–H groups in total. The Balaban J connectivity index is 2.40. The molecule has 1 aromatic heterocycles. The maximum atomic E-state index is 13.0. The topological polar surface area (TPSA) is 9.29 Å². The average Bonchev–Trinajstić information content (AvgIpc) is 2.74. The summed E-state index contributed by atoms with van der Waals surface area (Å²) in [4.78, 5) is 4.15.